The van der Waals surface area contributed by atoms with Gasteiger partial charge in [-0.25, -0.2) is 0 Å². The molecule has 1 atom stereocenters. The van der Waals surface area contributed by atoms with E-state index in [4.69, 9.17) is 0 Å². The lowest BCUT2D eigenvalue weighted by Gasteiger charge is -2.33. The molecule has 1 amide bonds. The van der Waals surface area contributed by atoms with Gasteiger partial charge >= 0.3 is 0 Å². The van der Waals surface area contributed by atoms with Crippen LogP contribution in [0.4, 0.5) is 5.69 Å². The van der Waals surface area contributed by atoms with E-state index in [0.29, 0.717) is 12.2 Å². The molecule has 0 bridgehead atoms. The average molecular weight is 263 g/mol. The van der Waals surface area contributed by atoms with Crippen molar-refractivity contribution in [1.29, 1.82) is 0 Å². The SMILES string of the molecule is CCn1cc(NC(=O)C2(C)CCCCN2)ccc1=O. The fraction of sp³-hybridized carbons (Fsp3) is 0.571. The van der Waals surface area contributed by atoms with Crippen LogP contribution in [0.2, 0.25) is 0 Å². The first kappa shape index (κ1) is 13.8. The molecule has 5 nitrogen and oxygen atoms in total. The summed E-state index contributed by atoms with van der Waals surface area (Å²) in [4.78, 5) is 23.8. The highest BCUT2D eigenvalue weighted by atomic mass is 16.2. The summed E-state index contributed by atoms with van der Waals surface area (Å²) in [6, 6.07) is 3.13. The molecule has 1 unspecified atom stereocenters. The Morgan fingerprint density at radius 3 is 2.89 bits per heavy atom. The summed E-state index contributed by atoms with van der Waals surface area (Å²) < 4.78 is 1.58. The van der Waals surface area contributed by atoms with Crippen molar-refractivity contribution in [3.8, 4) is 0 Å². The average Bonchev–Trinajstić information content (AvgIpc) is 2.41. The number of amides is 1. The molecule has 2 N–H and O–H groups in total. The third kappa shape index (κ3) is 3.04. The summed E-state index contributed by atoms with van der Waals surface area (Å²) >= 11 is 0. The Morgan fingerprint density at radius 1 is 1.47 bits per heavy atom. The number of piperidine rings is 1. The van der Waals surface area contributed by atoms with E-state index in [1.807, 2.05) is 13.8 Å². The Hall–Kier alpha value is -1.62. The van der Waals surface area contributed by atoms with Gasteiger partial charge in [-0.15, -0.1) is 0 Å². The van der Waals surface area contributed by atoms with Gasteiger partial charge in [0.15, 0.2) is 0 Å². The highest BCUT2D eigenvalue weighted by Crippen LogP contribution is 2.20. The minimum Gasteiger partial charge on any atom is -0.323 e. The van der Waals surface area contributed by atoms with Crippen molar-refractivity contribution in [1.82, 2.24) is 9.88 Å². The van der Waals surface area contributed by atoms with Gasteiger partial charge in [0.25, 0.3) is 5.56 Å². The van der Waals surface area contributed by atoms with Crippen molar-refractivity contribution in [2.45, 2.75) is 45.2 Å². The topological polar surface area (TPSA) is 63.1 Å². The molecule has 2 heterocycles. The number of carbonyl (C=O) groups excluding carboxylic acids is 1. The number of nitrogens with one attached hydrogen (secondary N) is 2. The standard InChI is InChI=1S/C14H21N3O2/c1-3-17-10-11(6-7-12(17)18)16-13(19)14(2)8-4-5-9-15-14/h6-7,10,15H,3-5,8-9H2,1-2H3,(H,16,19). The molecule has 0 spiro atoms. The van der Waals surface area contributed by atoms with Crippen LogP contribution in [0.5, 0.6) is 0 Å². The van der Waals surface area contributed by atoms with E-state index in [1.54, 1.807) is 16.8 Å². The van der Waals surface area contributed by atoms with Crippen LogP contribution in [0.15, 0.2) is 23.1 Å². The molecule has 0 aromatic carbocycles. The molecule has 19 heavy (non-hydrogen) atoms. The first-order valence-electron chi connectivity index (χ1n) is 6.82. The normalized spacial score (nSPS) is 23.1. The summed E-state index contributed by atoms with van der Waals surface area (Å²) in [6.07, 6.45) is 4.70. The summed E-state index contributed by atoms with van der Waals surface area (Å²) in [5.41, 5.74) is 0.105. The first-order chi connectivity index (χ1) is 9.05. The van der Waals surface area contributed by atoms with Crippen LogP contribution >= 0.6 is 0 Å². The van der Waals surface area contributed by atoms with Gasteiger partial charge in [-0.05, 0) is 45.7 Å². The van der Waals surface area contributed by atoms with Gasteiger partial charge in [-0.2, -0.15) is 0 Å². The zero-order valence-electron chi connectivity index (χ0n) is 11.5. The van der Waals surface area contributed by atoms with Crippen molar-refractivity contribution in [3.05, 3.63) is 28.7 Å². The lowest BCUT2D eigenvalue weighted by Crippen LogP contribution is -2.54. The number of rotatable bonds is 3. The van der Waals surface area contributed by atoms with E-state index >= 15 is 0 Å². The van der Waals surface area contributed by atoms with Crippen LogP contribution in [0.1, 0.15) is 33.1 Å². The number of carbonyl (C=O) groups is 1. The molecule has 1 aromatic rings. The van der Waals surface area contributed by atoms with E-state index in [1.165, 1.54) is 6.07 Å². The van der Waals surface area contributed by atoms with E-state index in [2.05, 4.69) is 10.6 Å². The van der Waals surface area contributed by atoms with Crippen molar-refractivity contribution >= 4 is 11.6 Å². The van der Waals surface area contributed by atoms with E-state index in [0.717, 1.165) is 25.8 Å². The molecule has 0 saturated carbocycles. The maximum Gasteiger partial charge on any atom is 0.250 e. The van der Waals surface area contributed by atoms with Crippen LogP contribution in [-0.2, 0) is 11.3 Å². The monoisotopic (exact) mass is 263 g/mol. The number of aryl methyl sites for hydroxylation is 1. The molecule has 2 rings (SSSR count). The highest BCUT2D eigenvalue weighted by Gasteiger charge is 2.34. The number of anilines is 1. The van der Waals surface area contributed by atoms with Gasteiger partial charge in [0, 0.05) is 18.8 Å². The molecular weight excluding hydrogens is 242 g/mol. The quantitative estimate of drug-likeness (QED) is 0.865. The Balaban J connectivity index is 2.12. The number of aromatic nitrogens is 1. The Morgan fingerprint density at radius 2 is 2.26 bits per heavy atom. The molecule has 104 valence electrons. The van der Waals surface area contributed by atoms with Crippen LogP contribution in [-0.4, -0.2) is 22.6 Å². The second kappa shape index (κ2) is 5.57. The molecule has 5 heteroatoms. The second-order valence-corrected chi connectivity index (χ2v) is 5.21. The van der Waals surface area contributed by atoms with Crippen molar-refractivity contribution in [3.63, 3.8) is 0 Å². The van der Waals surface area contributed by atoms with Crippen molar-refractivity contribution in [2.75, 3.05) is 11.9 Å². The van der Waals surface area contributed by atoms with Crippen LogP contribution in [0.25, 0.3) is 0 Å². The molecule has 0 radical (unpaired) electrons. The minimum absolute atomic E-state index is 0.0338. The summed E-state index contributed by atoms with van der Waals surface area (Å²) in [6.45, 7) is 5.30. The van der Waals surface area contributed by atoms with Gasteiger partial charge < -0.3 is 15.2 Å². The third-order valence-corrected chi connectivity index (χ3v) is 3.70. The Kier molecular flexibility index (Phi) is 4.04. The minimum atomic E-state index is -0.509. The molecular formula is C14H21N3O2. The van der Waals surface area contributed by atoms with Gasteiger partial charge in [0.2, 0.25) is 5.91 Å². The Labute approximate surface area is 113 Å². The third-order valence-electron chi connectivity index (χ3n) is 3.70. The largest absolute Gasteiger partial charge is 0.323 e. The maximum absolute atomic E-state index is 12.3. The van der Waals surface area contributed by atoms with E-state index in [9.17, 15) is 9.59 Å². The molecule has 1 aliphatic heterocycles. The zero-order chi connectivity index (χ0) is 13.9. The predicted octanol–water partition coefficient (Wildman–Crippen LogP) is 1.34. The molecule has 1 aliphatic rings. The summed E-state index contributed by atoms with van der Waals surface area (Å²) in [5.74, 6) is -0.0338. The Bertz CT molecular complexity index is 516. The second-order valence-electron chi connectivity index (χ2n) is 5.21. The number of pyridine rings is 1. The van der Waals surface area contributed by atoms with Gasteiger partial charge in [-0.1, -0.05) is 0 Å². The fourth-order valence-corrected chi connectivity index (χ4v) is 2.37. The summed E-state index contributed by atoms with van der Waals surface area (Å²) in [5, 5.41) is 6.17. The highest BCUT2D eigenvalue weighted by molar-refractivity contribution is 5.97. The van der Waals surface area contributed by atoms with Crippen molar-refractivity contribution < 1.29 is 4.79 Å². The first-order valence-corrected chi connectivity index (χ1v) is 6.82. The molecule has 1 fully saturated rings. The molecule has 1 saturated heterocycles. The van der Waals surface area contributed by atoms with E-state index < -0.39 is 5.54 Å². The molecule has 0 aliphatic carbocycles. The lowest BCUT2D eigenvalue weighted by atomic mass is 9.90. The predicted molar refractivity (Wildman–Crippen MR) is 75.3 cm³/mol. The van der Waals surface area contributed by atoms with Crippen molar-refractivity contribution in [2.24, 2.45) is 0 Å². The zero-order valence-corrected chi connectivity index (χ0v) is 11.5. The lowest BCUT2D eigenvalue weighted by molar-refractivity contribution is -0.122. The number of hydrogen-bond acceptors (Lipinski definition) is 3. The van der Waals surface area contributed by atoms with Gasteiger partial charge in [0.1, 0.15) is 0 Å². The number of hydrogen-bond donors (Lipinski definition) is 2. The maximum atomic E-state index is 12.3. The fourth-order valence-electron chi connectivity index (χ4n) is 2.37. The molecule has 1 aromatic heterocycles. The smallest absolute Gasteiger partial charge is 0.250 e. The van der Waals surface area contributed by atoms with Gasteiger partial charge in [-0.3, -0.25) is 9.59 Å². The van der Waals surface area contributed by atoms with Crippen LogP contribution < -0.4 is 16.2 Å². The number of nitrogens with zero attached hydrogens (tertiary/aromatic N) is 1. The van der Waals surface area contributed by atoms with Gasteiger partial charge in [0.05, 0.1) is 11.2 Å². The summed E-state index contributed by atoms with van der Waals surface area (Å²) in [7, 11) is 0. The van der Waals surface area contributed by atoms with Crippen LogP contribution in [0.3, 0.4) is 0 Å². The van der Waals surface area contributed by atoms with E-state index in [-0.39, 0.29) is 11.5 Å². The van der Waals surface area contributed by atoms with Crippen LogP contribution in [0, 0.1) is 0 Å².